The van der Waals surface area contributed by atoms with Crippen molar-refractivity contribution in [1.82, 2.24) is 0 Å². The van der Waals surface area contributed by atoms with E-state index < -0.39 is 5.79 Å². The van der Waals surface area contributed by atoms with Crippen molar-refractivity contribution in [3.8, 4) is 0 Å². The fraction of sp³-hybridized carbons (Fsp3) is 0.538. The van der Waals surface area contributed by atoms with Crippen molar-refractivity contribution in [2.75, 3.05) is 13.2 Å². The molecule has 94 valence electrons. The van der Waals surface area contributed by atoms with E-state index in [1.54, 1.807) is 0 Å². The average Bonchev–Trinajstić information content (AvgIpc) is 2.60. The molecule has 3 nitrogen and oxygen atoms in total. The Kier molecular flexibility index (Phi) is 4.05. The maximum Gasteiger partial charge on any atom is 0.170 e. The van der Waals surface area contributed by atoms with E-state index in [1.165, 1.54) is 0 Å². The first-order chi connectivity index (χ1) is 8.11. The molecule has 2 N–H and O–H groups in total. The molecule has 17 heavy (non-hydrogen) atoms. The Labute approximate surface area is 107 Å². The van der Waals surface area contributed by atoms with Gasteiger partial charge in [0.05, 0.1) is 12.7 Å². The number of nitrogens with two attached hydrogens (primary N) is 1. The first kappa shape index (κ1) is 12.8. The molecule has 0 amide bonds. The third kappa shape index (κ3) is 3.42. The minimum absolute atomic E-state index is 0.115. The number of ether oxygens (including phenoxy) is 2. The Balaban J connectivity index is 1.99. The fourth-order valence-electron chi connectivity index (χ4n) is 2.13. The van der Waals surface area contributed by atoms with Crippen LogP contribution in [-0.2, 0) is 15.9 Å². The van der Waals surface area contributed by atoms with Gasteiger partial charge in [0.15, 0.2) is 5.79 Å². The summed E-state index contributed by atoms with van der Waals surface area (Å²) in [6.45, 7) is 3.21. The summed E-state index contributed by atoms with van der Waals surface area (Å²) in [6, 6.07) is 7.77. The summed E-state index contributed by atoms with van der Waals surface area (Å²) >= 11 is 5.96. The van der Waals surface area contributed by atoms with E-state index in [0.717, 1.165) is 17.0 Å². The maximum atomic E-state index is 5.96. The van der Waals surface area contributed by atoms with Crippen molar-refractivity contribution < 1.29 is 9.47 Å². The fourth-order valence-corrected chi connectivity index (χ4v) is 2.34. The molecule has 0 bridgehead atoms. The van der Waals surface area contributed by atoms with Gasteiger partial charge in [0.1, 0.15) is 0 Å². The summed E-state index contributed by atoms with van der Waals surface area (Å²) in [6.07, 6.45) is 1.66. The first-order valence-corrected chi connectivity index (χ1v) is 6.25. The second-order valence-corrected chi connectivity index (χ2v) is 5.01. The Hall–Kier alpha value is -0.610. The predicted octanol–water partition coefficient (Wildman–Crippen LogP) is 2.36. The van der Waals surface area contributed by atoms with Gasteiger partial charge in [-0.05, 0) is 37.6 Å². The van der Waals surface area contributed by atoms with Gasteiger partial charge < -0.3 is 15.2 Å². The highest BCUT2D eigenvalue weighted by Gasteiger charge is 2.36. The van der Waals surface area contributed by atoms with Crippen molar-refractivity contribution in [3.63, 3.8) is 0 Å². The van der Waals surface area contributed by atoms with Gasteiger partial charge in [0.2, 0.25) is 0 Å². The van der Waals surface area contributed by atoms with Gasteiger partial charge in [-0.15, -0.1) is 0 Å². The maximum absolute atomic E-state index is 5.96. The lowest BCUT2D eigenvalue weighted by Gasteiger charge is -2.23. The lowest BCUT2D eigenvalue weighted by atomic mass is 10.1. The number of hydrogen-bond acceptors (Lipinski definition) is 3. The van der Waals surface area contributed by atoms with Gasteiger partial charge in [-0.25, -0.2) is 0 Å². The van der Waals surface area contributed by atoms with Crippen molar-refractivity contribution in [2.45, 2.75) is 31.7 Å². The number of halogens is 1. The van der Waals surface area contributed by atoms with Crippen LogP contribution in [0.3, 0.4) is 0 Å². The molecule has 1 aliphatic rings. The van der Waals surface area contributed by atoms with Crippen LogP contribution in [0.25, 0.3) is 0 Å². The van der Waals surface area contributed by atoms with Crippen LogP contribution in [0.4, 0.5) is 0 Å². The third-order valence-corrected chi connectivity index (χ3v) is 3.13. The van der Waals surface area contributed by atoms with E-state index in [2.05, 4.69) is 0 Å². The van der Waals surface area contributed by atoms with Crippen molar-refractivity contribution in [3.05, 3.63) is 34.9 Å². The molecular weight excluding hydrogens is 238 g/mol. The van der Waals surface area contributed by atoms with Crippen molar-refractivity contribution >= 4 is 11.6 Å². The second-order valence-electron chi connectivity index (χ2n) is 4.57. The Morgan fingerprint density at radius 2 is 2.35 bits per heavy atom. The number of hydrogen-bond donors (Lipinski definition) is 1. The zero-order valence-corrected chi connectivity index (χ0v) is 10.7. The van der Waals surface area contributed by atoms with E-state index in [0.29, 0.717) is 19.6 Å². The van der Waals surface area contributed by atoms with Gasteiger partial charge in [-0.1, -0.05) is 23.7 Å². The Morgan fingerprint density at radius 3 is 3.06 bits per heavy atom. The molecule has 1 aromatic carbocycles. The van der Waals surface area contributed by atoms with Crippen molar-refractivity contribution in [1.29, 1.82) is 0 Å². The van der Waals surface area contributed by atoms with Gasteiger partial charge in [-0.3, -0.25) is 0 Å². The molecule has 1 aromatic rings. The second kappa shape index (κ2) is 5.36. The normalized spacial score (nSPS) is 28.5. The van der Waals surface area contributed by atoms with E-state index in [1.807, 2.05) is 31.2 Å². The van der Waals surface area contributed by atoms with Gasteiger partial charge in [0.25, 0.3) is 0 Å². The van der Waals surface area contributed by atoms with Crippen LogP contribution in [0, 0.1) is 0 Å². The molecule has 2 atom stereocenters. The molecule has 4 heteroatoms. The summed E-state index contributed by atoms with van der Waals surface area (Å²) in [7, 11) is 0. The minimum Gasteiger partial charge on any atom is -0.347 e. The highest BCUT2D eigenvalue weighted by Crippen LogP contribution is 2.29. The molecule has 0 radical (unpaired) electrons. The van der Waals surface area contributed by atoms with E-state index in [-0.39, 0.29) is 6.10 Å². The first-order valence-electron chi connectivity index (χ1n) is 5.87. The van der Waals surface area contributed by atoms with Crippen molar-refractivity contribution in [2.24, 2.45) is 5.73 Å². The van der Waals surface area contributed by atoms with Crippen LogP contribution in [0.1, 0.15) is 18.9 Å². The summed E-state index contributed by atoms with van der Waals surface area (Å²) < 4.78 is 11.6. The molecule has 0 saturated carbocycles. The van der Waals surface area contributed by atoms with Crippen LogP contribution in [0.15, 0.2) is 24.3 Å². The van der Waals surface area contributed by atoms with Crippen LogP contribution in [0.2, 0.25) is 5.02 Å². The molecule has 0 spiro atoms. The molecule has 1 fully saturated rings. The topological polar surface area (TPSA) is 44.5 Å². The zero-order valence-electron chi connectivity index (χ0n) is 9.99. The standard InChI is InChI=1S/C13H18ClNO2/c1-13(16-9-12(17-13)5-6-15)8-10-3-2-4-11(14)7-10/h2-4,7,12H,5-6,8-9,15H2,1H3. The molecule has 0 aromatic heterocycles. The highest BCUT2D eigenvalue weighted by atomic mass is 35.5. The smallest absolute Gasteiger partial charge is 0.170 e. The SMILES string of the molecule is CC1(Cc2cccc(Cl)c2)OCC(CCN)O1. The number of rotatable bonds is 4. The van der Waals surface area contributed by atoms with E-state index in [9.17, 15) is 0 Å². The van der Waals surface area contributed by atoms with Crippen LogP contribution >= 0.6 is 11.6 Å². The minimum atomic E-state index is -0.551. The van der Waals surface area contributed by atoms with E-state index >= 15 is 0 Å². The third-order valence-electron chi connectivity index (χ3n) is 2.89. The summed E-state index contributed by atoms with van der Waals surface area (Å²) in [4.78, 5) is 0. The highest BCUT2D eigenvalue weighted by molar-refractivity contribution is 6.30. The molecule has 1 saturated heterocycles. The van der Waals surface area contributed by atoms with Crippen LogP contribution in [0.5, 0.6) is 0 Å². The van der Waals surface area contributed by atoms with Crippen LogP contribution < -0.4 is 5.73 Å². The number of benzene rings is 1. The quantitative estimate of drug-likeness (QED) is 0.898. The summed E-state index contributed by atoms with van der Waals surface area (Å²) in [5.41, 5.74) is 6.64. The largest absolute Gasteiger partial charge is 0.347 e. The average molecular weight is 256 g/mol. The lowest BCUT2D eigenvalue weighted by molar-refractivity contribution is -0.152. The molecule has 2 unspecified atom stereocenters. The molecule has 1 aliphatic heterocycles. The Morgan fingerprint density at radius 1 is 1.53 bits per heavy atom. The molecule has 0 aliphatic carbocycles. The molecular formula is C13H18ClNO2. The lowest BCUT2D eigenvalue weighted by Crippen LogP contribution is -2.30. The zero-order chi connectivity index (χ0) is 12.3. The summed E-state index contributed by atoms with van der Waals surface area (Å²) in [5, 5.41) is 0.739. The predicted molar refractivity (Wildman–Crippen MR) is 68.1 cm³/mol. The van der Waals surface area contributed by atoms with Gasteiger partial charge in [0, 0.05) is 11.4 Å². The van der Waals surface area contributed by atoms with E-state index in [4.69, 9.17) is 26.8 Å². The molecule has 1 heterocycles. The Bertz CT molecular complexity index is 385. The summed E-state index contributed by atoms with van der Waals surface area (Å²) in [5.74, 6) is -0.551. The van der Waals surface area contributed by atoms with Crippen LogP contribution in [-0.4, -0.2) is 25.0 Å². The molecule has 2 rings (SSSR count). The van der Waals surface area contributed by atoms with Gasteiger partial charge >= 0.3 is 0 Å². The van der Waals surface area contributed by atoms with Gasteiger partial charge in [-0.2, -0.15) is 0 Å². The monoisotopic (exact) mass is 255 g/mol.